The Morgan fingerprint density at radius 1 is 1.29 bits per heavy atom. The predicted molar refractivity (Wildman–Crippen MR) is 87.2 cm³/mol. The van der Waals surface area contributed by atoms with Gasteiger partial charge in [-0.05, 0) is 24.4 Å². The van der Waals surface area contributed by atoms with Crippen LogP contribution in [0.3, 0.4) is 0 Å². The van der Waals surface area contributed by atoms with Crippen molar-refractivity contribution in [2.45, 2.75) is 24.1 Å². The van der Waals surface area contributed by atoms with Gasteiger partial charge in [0.15, 0.2) is 0 Å². The number of hydrogen-bond acceptors (Lipinski definition) is 5. The Hall–Kier alpha value is -0.470. The van der Waals surface area contributed by atoms with Gasteiger partial charge in [-0.25, -0.2) is 13.1 Å². The second kappa shape index (κ2) is 7.19. The van der Waals surface area contributed by atoms with Gasteiger partial charge >= 0.3 is 0 Å². The van der Waals surface area contributed by atoms with Gasteiger partial charge in [0.2, 0.25) is 10.0 Å². The maximum atomic E-state index is 12.2. The molecule has 0 bridgehead atoms. The standard InChI is InChI=1S/C14H25N3O2S2/c1-12(2)13(17-8-6-16(3)7-9-17)11-15-21(18,19)14-5-4-10-20-14/h4-5,10,12-13,15H,6-9,11H2,1-3H3/t13-/m1/s1. The van der Waals surface area contributed by atoms with Crippen LogP contribution in [0.1, 0.15) is 13.8 Å². The molecule has 5 nitrogen and oxygen atoms in total. The second-order valence-corrected chi connectivity index (χ2v) is 8.88. The minimum atomic E-state index is -3.36. The van der Waals surface area contributed by atoms with Crippen molar-refractivity contribution in [1.29, 1.82) is 0 Å². The van der Waals surface area contributed by atoms with E-state index in [1.807, 2.05) is 0 Å². The fraction of sp³-hybridized carbons (Fsp3) is 0.714. The Morgan fingerprint density at radius 2 is 1.95 bits per heavy atom. The van der Waals surface area contributed by atoms with Crippen LogP contribution in [0.15, 0.2) is 21.7 Å². The van der Waals surface area contributed by atoms with Crippen molar-refractivity contribution in [2.24, 2.45) is 5.92 Å². The summed E-state index contributed by atoms with van der Waals surface area (Å²) in [5, 5.41) is 1.79. The van der Waals surface area contributed by atoms with Crippen LogP contribution in [-0.2, 0) is 10.0 Å². The Labute approximate surface area is 132 Å². The summed E-state index contributed by atoms with van der Waals surface area (Å²) >= 11 is 1.26. The number of thiophene rings is 1. The zero-order chi connectivity index (χ0) is 15.5. The van der Waals surface area contributed by atoms with E-state index in [9.17, 15) is 8.42 Å². The Bertz CT molecular complexity index is 520. The molecule has 0 spiro atoms. The Morgan fingerprint density at radius 3 is 2.48 bits per heavy atom. The normalized spacial score (nSPS) is 20.0. The van der Waals surface area contributed by atoms with Crippen LogP contribution in [0.2, 0.25) is 0 Å². The molecule has 120 valence electrons. The van der Waals surface area contributed by atoms with Crippen molar-refractivity contribution in [3.05, 3.63) is 17.5 Å². The van der Waals surface area contributed by atoms with Crippen LogP contribution in [0.25, 0.3) is 0 Å². The van der Waals surface area contributed by atoms with Crippen molar-refractivity contribution in [2.75, 3.05) is 39.8 Å². The van der Waals surface area contributed by atoms with Gasteiger partial charge in [-0.2, -0.15) is 0 Å². The molecule has 1 aliphatic heterocycles. The number of rotatable bonds is 6. The van der Waals surface area contributed by atoms with E-state index in [1.54, 1.807) is 17.5 Å². The third-order valence-electron chi connectivity index (χ3n) is 4.02. The molecule has 2 heterocycles. The van der Waals surface area contributed by atoms with E-state index in [4.69, 9.17) is 0 Å². The monoisotopic (exact) mass is 331 g/mol. The largest absolute Gasteiger partial charge is 0.304 e. The molecule has 0 amide bonds. The van der Waals surface area contributed by atoms with Crippen molar-refractivity contribution in [3.63, 3.8) is 0 Å². The van der Waals surface area contributed by atoms with E-state index in [1.165, 1.54) is 11.3 Å². The van der Waals surface area contributed by atoms with Crippen LogP contribution in [0.5, 0.6) is 0 Å². The van der Waals surface area contributed by atoms with Crippen molar-refractivity contribution >= 4 is 21.4 Å². The summed E-state index contributed by atoms with van der Waals surface area (Å²) in [5.41, 5.74) is 0. The molecule has 1 fully saturated rings. The molecule has 1 atom stereocenters. The average molecular weight is 332 g/mol. The number of piperazine rings is 1. The lowest BCUT2D eigenvalue weighted by molar-refractivity contribution is 0.0905. The third-order valence-corrected chi connectivity index (χ3v) is 6.84. The summed E-state index contributed by atoms with van der Waals surface area (Å²) in [6, 6.07) is 3.65. The molecule has 7 heteroatoms. The molecular weight excluding hydrogens is 306 g/mol. The Balaban J connectivity index is 1.97. The van der Waals surface area contributed by atoms with Gasteiger partial charge in [-0.3, -0.25) is 4.90 Å². The first-order valence-electron chi connectivity index (χ1n) is 7.36. The minimum Gasteiger partial charge on any atom is -0.304 e. The number of sulfonamides is 1. The molecule has 1 aliphatic rings. The summed E-state index contributed by atoms with van der Waals surface area (Å²) in [7, 11) is -1.24. The lowest BCUT2D eigenvalue weighted by Crippen LogP contribution is -2.54. The van der Waals surface area contributed by atoms with Crippen molar-refractivity contribution in [3.8, 4) is 0 Å². The molecule has 1 saturated heterocycles. The molecule has 1 N–H and O–H groups in total. The van der Waals surface area contributed by atoms with Gasteiger partial charge < -0.3 is 4.90 Å². The van der Waals surface area contributed by atoms with Gasteiger partial charge in [0.05, 0.1) is 0 Å². The summed E-state index contributed by atoms with van der Waals surface area (Å²) < 4.78 is 27.6. The van der Waals surface area contributed by atoms with Crippen molar-refractivity contribution in [1.82, 2.24) is 14.5 Å². The fourth-order valence-corrected chi connectivity index (χ4v) is 4.71. The quantitative estimate of drug-likeness (QED) is 0.854. The molecule has 1 aromatic rings. The van der Waals surface area contributed by atoms with E-state index in [0.717, 1.165) is 26.2 Å². The van der Waals surface area contributed by atoms with Crippen LogP contribution < -0.4 is 4.72 Å². The SMILES string of the molecule is CC(C)[C@@H](CNS(=O)(=O)c1cccs1)N1CCN(C)CC1. The predicted octanol–water partition coefficient (Wildman–Crippen LogP) is 1.30. The number of hydrogen-bond donors (Lipinski definition) is 1. The molecule has 0 aliphatic carbocycles. The van der Waals surface area contributed by atoms with Crippen LogP contribution in [-0.4, -0.2) is 64.0 Å². The number of nitrogens with one attached hydrogen (secondary N) is 1. The highest BCUT2D eigenvalue weighted by molar-refractivity contribution is 7.91. The highest BCUT2D eigenvalue weighted by atomic mass is 32.2. The maximum absolute atomic E-state index is 12.2. The molecular formula is C14H25N3O2S2. The molecule has 0 aromatic carbocycles. The Kier molecular flexibility index (Phi) is 5.79. The zero-order valence-corrected chi connectivity index (χ0v) is 14.6. The minimum absolute atomic E-state index is 0.244. The van der Waals surface area contributed by atoms with E-state index >= 15 is 0 Å². The first-order valence-corrected chi connectivity index (χ1v) is 9.72. The van der Waals surface area contributed by atoms with Crippen LogP contribution >= 0.6 is 11.3 Å². The summed E-state index contributed by atoms with van der Waals surface area (Å²) in [4.78, 5) is 4.71. The van der Waals surface area contributed by atoms with Crippen LogP contribution in [0.4, 0.5) is 0 Å². The molecule has 2 rings (SSSR count). The van der Waals surface area contributed by atoms with Gasteiger partial charge in [0.25, 0.3) is 0 Å². The van der Waals surface area contributed by atoms with E-state index in [-0.39, 0.29) is 6.04 Å². The summed E-state index contributed by atoms with van der Waals surface area (Å²) in [5.74, 6) is 0.416. The van der Waals surface area contributed by atoms with E-state index in [2.05, 4.69) is 35.4 Å². The van der Waals surface area contributed by atoms with Gasteiger partial charge in [0.1, 0.15) is 4.21 Å². The summed E-state index contributed by atoms with van der Waals surface area (Å²) in [6.07, 6.45) is 0. The highest BCUT2D eigenvalue weighted by Gasteiger charge is 2.26. The maximum Gasteiger partial charge on any atom is 0.250 e. The zero-order valence-electron chi connectivity index (χ0n) is 12.9. The highest BCUT2D eigenvalue weighted by Crippen LogP contribution is 2.17. The van der Waals surface area contributed by atoms with Gasteiger partial charge in [-0.1, -0.05) is 19.9 Å². The molecule has 1 aromatic heterocycles. The average Bonchev–Trinajstić information content (AvgIpc) is 2.95. The van der Waals surface area contributed by atoms with E-state index in [0.29, 0.717) is 16.7 Å². The topological polar surface area (TPSA) is 52.7 Å². The molecule has 21 heavy (non-hydrogen) atoms. The molecule has 0 unspecified atom stereocenters. The smallest absolute Gasteiger partial charge is 0.250 e. The van der Waals surface area contributed by atoms with Gasteiger partial charge in [0, 0.05) is 38.8 Å². The van der Waals surface area contributed by atoms with Gasteiger partial charge in [-0.15, -0.1) is 11.3 Å². The molecule has 0 saturated carbocycles. The fourth-order valence-electron chi connectivity index (χ4n) is 2.62. The lowest BCUT2D eigenvalue weighted by Gasteiger charge is -2.39. The summed E-state index contributed by atoms with van der Waals surface area (Å²) in [6.45, 7) is 8.87. The first kappa shape index (κ1) is 16.9. The lowest BCUT2D eigenvalue weighted by atomic mass is 10.0. The second-order valence-electron chi connectivity index (χ2n) is 5.93. The number of nitrogens with zero attached hydrogens (tertiary/aromatic N) is 2. The number of likely N-dealkylation sites (N-methyl/N-ethyl adjacent to an activating group) is 1. The van der Waals surface area contributed by atoms with Crippen molar-refractivity contribution < 1.29 is 8.42 Å². The van der Waals surface area contributed by atoms with Crippen LogP contribution in [0, 0.1) is 5.92 Å². The van der Waals surface area contributed by atoms with E-state index < -0.39 is 10.0 Å². The molecule has 0 radical (unpaired) electrons. The first-order chi connectivity index (χ1) is 9.90. The third kappa shape index (κ3) is 4.50.